The van der Waals surface area contributed by atoms with E-state index in [2.05, 4.69) is 4.72 Å². The number of carboxylic acid groups (broad SMARTS) is 1. The molecule has 0 saturated carbocycles. The summed E-state index contributed by atoms with van der Waals surface area (Å²) in [5, 5.41) is 10.1. The maximum atomic E-state index is 12.7. The van der Waals surface area contributed by atoms with Gasteiger partial charge in [0.1, 0.15) is 17.5 Å². The molecule has 0 radical (unpaired) electrons. The Bertz CT molecular complexity index is 915. The molecule has 10 heteroatoms. The maximum Gasteiger partial charge on any atom is 0.323 e. The van der Waals surface area contributed by atoms with Crippen LogP contribution in [0.2, 0.25) is 5.02 Å². The third-order valence-corrected chi connectivity index (χ3v) is 8.01. The second-order valence-electron chi connectivity index (χ2n) is 6.27. The van der Waals surface area contributed by atoms with Crippen LogP contribution in [-0.4, -0.2) is 36.5 Å². The molecule has 0 aliphatic carbocycles. The van der Waals surface area contributed by atoms with Crippen molar-refractivity contribution >= 4 is 49.2 Å². The molecule has 0 bridgehead atoms. The molecule has 0 aliphatic heterocycles. The van der Waals surface area contributed by atoms with Gasteiger partial charge in [0.05, 0.1) is 4.90 Å². The Hall–Kier alpha value is -1.39. The average molecular weight is 462 g/mol. The van der Waals surface area contributed by atoms with Crippen molar-refractivity contribution in [2.75, 3.05) is 6.26 Å². The largest absolute Gasteiger partial charge is 0.480 e. The Labute approximate surface area is 177 Å². The van der Waals surface area contributed by atoms with Gasteiger partial charge >= 0.3 is 5.97 Å². The molecule has 0 aliphatic rings. The van der Waals surface area contributed by atoms with Gasteiger partial charge in [0.15, 0.2) is 0 Å². The molecule has 0 unspecified atom stereocenters. The van der Waals surface area contributed by atoms with Crippen LogP contribution in [0.3, 0.4) is 0 Å². The van der Waals surface area contributed by atoms with Gasteiger partial charge in [-0.3, -0.25) is 4.79 Å². The lowest BCUT2D eigenvalue weighted by molar-refractivity contribution is -0.139. The van der Waals surface area contributed by atoms with Crippen molar-refractivity contribution in [2.24, 2.45) is 0 Å². The highest BCUT2D eigenvalue weighted by atomic mass is 35.5. The van der Waals surface area contributed by atoms with Gasteiger partial charge in [-0.2, -0.15) is 4.72 Å². The highest BCUT2D eigenvalue weighted by Crippen LogP contribution is 2.37. The quantitative estimate of drug-likeness (QED) is 0.525. The van der Waals surface area contributed by atoms with Gasteiger partial charge in [-0.05, 0) is 68.6 Å². The first-order valence-electron chi connectivity index (χ1n) is 8.05. The number of nitrogens with one attached hydrogen (secondary N) is 1. The van der Waals surface area contributed by atoms with Crippen LogP contribution >= 0.6 is 33.2 Å². The molecule has 0 fully saturated rings. The van der Waals surface area contributed by atoms with Gasteiger partial charge in [-0.1, -0.05) is 33.2 Å². The third-order valence-electron chi connectivity index (χ3n) is 3.70. The number of rotatable bonds is 9. The number of hydrogen-bond donors (Lipinski definition) is 2. The van der Waals surface area contributed by atoms with Crippen molar-refractivity contribution in [3.05, 3.63) is 53.6 Å². The van der Waals surface area contributed by atoms with Gasteiger partial charge in [0.25, 0.3) is 0 Å². The molecule has 2 aromatic rings. The van der Waals surface area contributed by atoms with Crippen LogP contribution in [0.15, 0.2) is 53.4 Å². The van der Waals surface area contributed by atoms with E-state index in [0.717, 1.165) is 0 Å². The molecule has 152 valence electrons. The normalized spacial score (nSPS) is 13.1. The van der Waals surface area contributed by atoms with Crippen LogP contribution in [0, 0.1) is 0 Å². The summed E-state index contributed by atoms with van der Waals surface area (Å²) in [4.78, 5) is 11.6. The van der Waals surface area contributed by atoms with Crippen LogP contribution in [0.4, 0.5) is 0 Å². The number of benzene rings is 2. The Morgan fingerprint density at radius 3 is 2.07 bits per heavy atom. The van der Waals surface area contributed by atoms with Gasteiger partial charge in [0.2, 0.25) is 10.0 Å². The molecule has 0 saturated heterocycles. The van der Waals surface area contributed by atoms with Crippen LogP contribution in [0.25, 0.3) is 0 Å². The summed E-state index contributed by atoms with van der Waals surface area (Å²) in [5.41, 5.74) is 0. The molecule has 2 N–H and O–H groups in total. The summed E-state index contributed by atoms with van der Waals surface area (Å²) < 4.78 is 32.4. The van der Waals surface area contributed by atoms with Crippen LogP contribution in [0.1, 0.15) is 13.8 Å². The van der Waals surface area contributed by atoms with Crippen molar-refractivity contribution in [1.82, 2.24) is 4.72 Å². The first kappa shape index (κ1) is 22.9. The van der Waals surface area contributed by atoms with Crippen LogP contribution in [-0.2, 0) is 14.8 Å². The van der Waals surface area contributed by atoms with E-state index in [1.165, 1.54) is 45.9 Å². The number of hydrogen-bond acceptors (Lipinski definition) is 6. The third kappa shape index (κ3) is 6.05. The lowest BCUT2D eigenvalue weighted by Gasteiger charge is -2.30. The summed E-state index contributed by atoms with van der Waals surface area (Å²) in [7, 11) is -1.36. The van der Waals surface area contributed by atoms with E-state index in [-0.39, 0.29) is 4.90 Å². The number of sulfonamides is 1. The molecule has 0 spiro atoms. The van der Waals surface area contributed by atoms with E-state index in [1.54, 1.807) is 44.4 Å². The lowest BCUT2D eigenvalue weighted by Crippen LogP contribution is -2.52. The molecule has 6 nitrogen and oxygen atoms in total. The molecular weight excluding hydrogens is 442 g/mol. The van der Waals surface area contributed by atoms with Gasteiger partial charge in [-0.15, -0.1) is 0 Å². The number of aliphatic carboxylic acids is 1. The van der Waals surface area contributed by atoms with E-state index in [9.17, 15) is 18.3 Å². The van der Waals surface area contributed by atoms with Crippen molar-refractivity contribution in [2.45, 2.75) is 29.5 Å². The van der Waals surface area contributed by atoms with Gasteiger partial charge in [0, 0.05) is 9.77 Å². The second kappa shape index (κ2) is 9.41. The fraction of sp³-hybridized carbons (Fsp3) is 0.278. The Kier molecular flexibility index (Phi) is 7.69. The SMILES string of the molecule is CSSC(C)(C)[C@@H](NS(=O)(=O)c1ccc(Oc2ccc(Cl)cc2)cc1)C(=O)O. The molecule has 28 heavy (non-hydrogen) atoms. The first-order valence-corrected chi connectivity index (χ1v) is 12.5. The summed E-state index contributed by atoms with van der Waals surface area (Å²) >= 11 is 5.83. The van der Waals surface area contributed by atoms with Crippen molar-refractivity contribution < 1.29 is 23.1 Å². The van der Waals surface area contributed by atoms with Crippen molar-refractivity contribution in [3.8, 4) is 11.5 Å². The molecule has 2 rings (SSSR count). The maximum absolute atomic E-state index is 12.7. The summed E-state index contributed by atoms with van der Waals surface area (Å²) in [6.45, 7) is 3.36. The van der Waals surface area contributed by atoms with Crippen LogP contribution in [0.5, 0.6) is 11.5 Å². The van der Waals surface area contributed by atoms with E-state index >= 15 is 0 Å². The number of halogens is 1. The Balaban J connectivity index is 2.18. The van der Waals surface area contributed by atoms with E-state index in [4.69, 9.17) is 16.3 Å². The highest BCUT2D eigenvalue weighted by molar-refractivity contribution is 8.77. The number of carboxylic acids is 1. The van der Waals surface area contributed by atoms with Crippen molar-refractivity contribution in [1.29, 1.82) is 0 Å². The zero-order valence-electron chi connectivity index (χ0n) is 15.4. The minimum atomic E-state index is -4.03. The Morgan fingerprint density at radius 2 is 1.61 bits per heavy atom. The fourth-order valence-corrected chi connectivity index (χ4v) is 6.10. The zero-order valence-corrected chi connectivity index (χ0v) is 18.6. The van der Waals surface area contributed by atoms with Gasteiger partial charge < -0.3 is 9.84 Å². The average Bonchev–Trinajstić information content (AvgIpc) is 2.62. The van der Waals surface area contributed by atoms with Gasteiger partial charge in [-0.25, -0.2) is 8.42 Å². The summed E-state index contributed by atoms with van der Waals surface area (Å²) in [5.74, 6) is -0.243. The lowest BCUT2D eigenvalue weighted by atomic mass is 10.1. The minimum absolute atomic E-state index is 0.0489. The molecule has 0 amide bonds. The number of carbonyl (C=O) groups is 1. The second-order valence-corrected chi connectivity index (χ2v) is 11.5. The topological polar surface area (TPSA) is 92.7 Å². The minimum Gasteiger partial charge on any atom is -0.480 e. The molecule has 2 aromatic carbocycles. The first-order chi connectivity index (χ1) is 13.0. The zero-order chi connectivity index (χ0) is 20.9. The number of ether oxygens (including phenoxy) is 1. The molecule has 0 heterocycles. The molecular formula is C18H20ClNO5S3. The molecule has 0 aromatic heterocycles. The van der Waals surface area contributed by atoms with Crippen molar-refractivity contribution in [3.63, 3.8) is 0 Å². The summed E-state index contributed by atoms with van der Waals surface area (Å²) in [6, 6.07) is 11.2. The molecule has 1 atom stereocenters. The highest BCUT2D eigenvalue weighted by Gasteiger charge is 2.39. The van der Waals surface area contributed by atoms with E-state index in [1.807, 2.05) is 0 Å². The predicted octanol–water partition coefficient (Wildman–Crippen LogP) is 4.65. The van der Waals surface area contributed by atoms with Crippen LogP contribution < -0.4 is 9.46 Å². The van der Waals surface area contributed by atoms with E-state index in [0.29, 0.717) is 16.5 Å². The standard InChI is InChI=1S/C18H20ClNO5S3/c1-18(2,27-26-3)16(17(21)22)20-28(23,24)15-10-8-14(9-11-15)25-13-6-4-12(19)5-7-13/h4-11,16,20H,1-3H3,(H,21,22)/t16-/m0/s1. The monoisotopic (exact) mass is 461 g/mol. The van der Waals surface area contributed by atoms with E-state index < -0.39 is 26.8 Å². The Morgan fingerprint density at radius 1 is 1.11 bits per heavy atom. The smallest absolute Gasteiger partial charge is 0.323 e. The summed E-state index contributed by atoms with van der Waals surface area (Å²) in [6.07, 6.45) is 1.80. The predicted molar refractivity (Wildman–Crippen MR) is 115 cm³/mol. The fourth-order valence-electron chi connectivity index (χ4n) is 2.30.